The fourth-order valence-electron chi connectivity index (χ4n) is 1.82. The molecule has 0 heterocycles. The van der Waals surface area contributed by atoms with Gasteiger partial charge in [-0.2, -0.15) is 0 Å². The number of nitrogens with two attached hydrogens (primary N) is 1. The Kier molecular flexibility index (Phi) is 5.62. The second kappa shape index (κ2) is 6.77. The average Bonchev–Trinajstić information content (AvgIpc) is 2.33. The molecule has 0 aliphatic rings. The predicted octanol–water partition coefficient (Wildman–Crippen LogP) is 3.40. The van der Waals surface area contributed by atoms with E-state index in [0.717, 1.165) is 0 Å². The van der Waals surface area contributed by atoms with Gasteiger partial charge >= 0.3 is 6.36 Å². The number of hydrogen-bond donors (Lipinski definition) is 1. The molecule has 2 N–H and O–H groups in total. The summed E-state index contributed by atoms with van der Waals surface area (Å²) in [4.78, 5) is 0. The minimum Gasteiger partial charge on any atom is -0.406 e. The summed E-state index contributed by atoms with van der Waals surface area (Å²) in [6.07, 6.45) is -4.25. The quantitative estimate of drug-likeness (QED) is 0.866. The number of rotatable bonds is 6. The van der Waals surface area contributed by atoms with E-state index in [2.05, 4.69) is 4.74 Å². The molecular formula is C13H18F3NO2. The normalized spacial score (nSPS) is 15.1. The van der Waals surface area contributed by atoms with E-state index in [1.165, 1.54) is 18.2 Å². The van der Waals surface area contributed by atoms with Crippen molar-refractivity contribution >= 4 is 0 Å². The minimum atomic E-state index is -4.70. The highest BCUT2D eigenvalue weighted by atomic mass is 19.4. The molecule has 0 bridgehead atoms. The van der Waals surface area contributed by atoms with Gasteiger partial charge in [-0.1, -0.05) is 19.1 Å². The van der Waals surface area contributed by atoms with E-state index in [1.54, 1.807) is 6.07 Å². The Labute approximate surface area is 110 Å². The van der Waals surface area contributed by atoms with E-state index in [4.69, 9.17) is 10.5 Å². The van der Waals surface area contributed by atoms with Gasteiger partial charge in [0.05, 0.1) is 12.1 Å². The highest BCUT2D eigenvalue weighted by molar-refractivity contribution is 5.31. The summed E-state index contributed by atoms with van der Waals surface area (Å²) < 4.78 is 45.8. The lowest BCUT2D eigenvalue weighted by Crippen LogP contribution is -2.28. The Balaban J connectivity index is 2.85. The molecule has 108 valence electrons. The topological polar surface area (TPSA) is 44.5 Å². The maximum atomic E-state index is 12.1. The van der Waals surface area contributed by atoms with Crippen molar-refractivity contribution in [1.29, 1.82) is 0 Å². The zero-order valence-corrected chi connectivity index (χ0v) is 10.9. The molecule has 6 heteroatoms. The van der Waals surface area contributed by atoms with E-state index < -0.39 is 12.4 Å². The van der Waals surface area contributed by atoms with Gasteiger partial charge < -0.3 is 15.2 Å². The van der Waals surface area contributed by atoms with Crippen LogP contribution in [0.5, 0.6) is 5.75 Å². The molecule has 3 nitrogen and oxygen atoms in total. The van der Waals surface area contributed by atoms with E-state index in [0.29, 0.717) is 18.6 Å². The van der Waals surface area contributed by atoms with Crippen molar-refractivity contribution < 1.29 is 22.6 Å². The molecule has 0 aromatic heterocycles. The van der Waals surface area contributed by atoms with Gasteiger partial charge in [0.1, 0.15) is 5.75 Å². The van der Waals surface area contributed by atoms with Crippen LogP contribution < -0.4 is 10.5 Å². The molecule has 0 aliphatic heterocycles. The van der Waals surface area contributed by atoms with Gasteiger partial charge in [-0.05, 0) is 31.0 Å². The molecule has 0 saturated carbocycles. The van der Waals surface area contributed by atoms with Crippen LogP contribution in [0, 0.1) is 0 Å². The first-order valence-electron chi connectivity index (χ1n) is 6.10. The lowest BCUT2D eigenvalue weighted by molar-refractivity contribution is -0.274. The summed E-state index contributed by atoms with van der Waals surface area (Å²) in [6, 6.07) is 5.19. The van der Waals surface area contributed by atoms with Crippen LogP contribution in [-0.2, 0) is 4.74 Å². The van der Waals surface area contributed by atoms with Crippen molar-refractivity contribution in [2.75, 3.05) is 6.61 Å². The van der Waals surface area contributed by atoms with Crippen LogP contribution in [0.25, 0.3) is 0 Å². The third kappa shape index (κ3) is 5.08. The SMILES string of the molecule is CCOC(CC)C(N)c1cccc(OC(F)(F)F)c1. The number of benzene rings is 1. The molecule has 0 fully saturated rings. The predicted molar refractivity (Wildman–Crippen MR) is 65.8 cm³/mol. The summed E-state index contributed by atoms with van der Waals surface area (Å²) in [7, 11) is 0. The monoisotopic (exact) mass is 277 g/mol. The maximum absolute atomic E-state index is 12.1. The number of hydrogen-bond acceptors (Lipinski definition) is 3. The minimum absolute atomic E-state index is 0.230. The molecule has 1 rings (SSSR count). The van der Waals surface area contributed by atoms with Crippen molar-refractivity contribution in [3.63, 3.8) is 0 Å². The fraction of sp³-hybridized carbons (Fsp3) is 0.538. The van der Waals surface area contributed by atoms with Crippen LogP contribution in [-0.4, -0.2) is 19.1 Å². The molecule has 1 aromatic rings. The van der Waals surface area contributed by atoms with Gasteiger partial charge in [0, 0.05) is 6.61 Å². The van der Waals surface area contributed by atoms with Gasteiger partial charge in [-0.3, -0.25) is 0 Å². The second-order valence-electron chi connectivity index (χ2n) is 4.05. The van der Waals surface area contributed by atoms with Crippen LogP contribution in [0.4, 0.5) is 13.2 Å². The Hall–Kier alpha value is -1.27. The third-order valence-electron chi connectivity index (χ3n) is 2.66. The van der Waals surface area contributed by atoms with Crippen LogP contribution in [0.2, 0.25) is 0 Å². The lowest BCUT2D eigenvalue weighted by Gasteiger charge is -2.23. The highest BCUT2D eigenvalue weighted by Gasteiger charge is 2.31. The van der Waals surface area contributed by atoms with Crippen LogP contribution >= 0.6 is 0 Å². The number of ether oxygens (including phenoxy) is 2. The Morgan fingerprint density at radius 3 is 2.47 bits per heavy atom. The number of halogens is 3. The summed E-state index contributed by atoms with van der Waals surface area (Å²) in [6.45, 7) is 4.26. The Morgan fingerprint density at radius 1 is 1.26 bits per heavy atom. The van der Waals surface area contributed by atoms with Gasteiger partial charge in [0.2, 0.25) is 0 Å². The number of alkyl halides is 3. The van der Waals surface area contributed by atoms with Gasteiger partial charge in [0.15, 0.2) is 0 Å². The largest absolute Gasteiger partial charge is 0.573 e. The first-order chi connectivity index (χ1) is 8.87. The molecular weight excluding hydrogens is 259 g/mol. The lowest BCUT2D eigenvalue weighted by atomic mass is 10.0. The Bertz CT molecular complexity index is 396. The molecule has 0 radical (unpaired) electrons. The van der Waals surface area contributed by atoms with Crippen LogP contribution in [0.3, 0.4) is 0 Å². The molecule has 0 saturated heterocycles. The molecule has 19 heavy (non-hydrogen) atoms. The van der Waals surface area contributed by atoms with Gasteiger partial charge in [-0.25, -0.2) is 0 Å². The van der Waals surface area contributed by atoms with Crippen molar-refractivity contribution in [1.82, 2.24) is 0 Å². The molecule has 0 aliphatic carbocycles. The van der Waals surface area contributed by atoms with E-state index in [-0.39, 0.29) is 11.9 Å². The van der Waals surface area contributed by atoms with E-state index in [9.17, 15) is 13.2 Å². The fourth-order valence-corrected chi connectivity index (χ4v) is 1.82. The summed E-state index contributed by atoms with van der Waals surface area (Å²) in [5, 5.41) is 0. The zero-order chi connectivity index (χ0) is 14.5. The summed E-state index contributed by atoms with van der Waals surface area (Å²) in [5.41, 5.74) is 6.56. The molecule has 2 unspecified atom stereocenters. The zero-order valence-electron chi connectivity index (χ0n) is 10.9. The first-order valence-corrected chi connectivity index (χ1v) is 6.10. The van der Waals surface area contributed by atoms with Crippen LogP contribution in [0.15, 0.2) is 24.3 Å². The summed E-state index contributed by atoms with van der Waals surface area (Å²) >= 11 is 0. The smallest absolute Gasteiger partial charge is 0.406 e. The standard InChI is InChI=1S/C13H18F3NO2/c1-3-11(18-4-2)12(17)9-6-5-7-10(8-9)19-13(14,15)16/h5-8,11-12H,3-4,17H2,1-2H3. The molecule has 0 spiro atoms. The van der Waals surface area contributed by atoms with Crippen molar-refractivity contribution in [2.24, 2.45) is 5.73 Å². The first kappa shape index (κ1) is 15.8. The average molecular weight is 277 g/mol. The highest BCUT2D eigenvalue weighted by Crippen LogP contribution is 2.27. The van der Waals surface area contributed by atoms with Crippen molar-refractivity contribution in [2.45, 2.75) is 38.8 Å². The van der Waals surface area contributed by atoms with Gasteiger partial charge in [-0.15, -0.1) is 13.2 Å². The van der Waals surface area contributed by atoms with Crippen LogP contribution in [0.1, 0.15) is 31.9 Å². The third-order valence-corrected chi connectivity index (χ3v) is 2.66. The van der Waals surface area contributed by atoms with E-state index >= 15 is 0 Å². The maximum Gasteiger partial charge on any atom is 0.573 e. The Morgan fingerprint density at radius 2 is 1.95 bits per heavy atom. The van der Waals surface area contributed by atoms with Crippen molar-refractivity contribution in [3.8, 4) is 5.75 Å². The molecule has 0 amide bonds. The molecule has 2 atom stereocenters. The van der Waals surface area contributed by atoms with Gasteiger partial charge in [0.25, 0.3) is 0 Å². The van der Waals surface area contributed by atoms with Crippen molar-refractivity contribution in [3.05, 3.63) is 29.8 Å². The summed E-state index contributed by atoms with van der Waals surface area (Å²) in [5.74, 6) is -0.271. The molecule has 1 aromatic carbocycles. The van der Waals surface area contributed by atoms with E-state index in [1.807, 2.05) is 13.8 Å². The second-order valence-corrected chi connectivity index (χ2v) is 4.05.